The predicted octanol–water partition coefficient (Wildman–Crippen LogP) is 4.30. The second-order valence-electron chi connectivity index (χ2n) is 6.17. The first-order chi connectivity index (χ1) is 9.43. The van der Waals surface area contributed by atoms with E-state index in [0.717, 1.165) is 24.8 Å². The summed E-state index contributed by atoms with van der Waals surface area (Å²) < 4.78 is 0. The van der Waals surface area contributed by atoms with Gasteiger partial charge in [0.25, 0.3) is 0 Å². The number of aliphatic carboxylic acids is 1. The average Bonchev–Trinajstić information content (AvgIpc) is 2.70. The van der Waals surface area contributed by atoms with Gasteiger partial charge in [-0.25, -0.2) is 0 Å². The molecule has 1 heterocycles. The number of carboxylic acid groups (broad SMARTS) is 1. The summed E-state index contributed by atoms with van der Waals surface area (Å²) in [6.07, 6.45) is 4.98. The van der Waals surface area contributed by atoms with Crippen LogP contribution in [0.2, 0.25) is 0 Å². The number of aryl methyl sites for hydroxylation is 1. The lowest BCUT2D eigenvalue weighted by atomic mass is 9.77. The Morgan fingerprint density at radius 1 is 1.40 bits per heavy atom. The molecule has 0 amide bonds. The van der Waals surface area contributed by atoms with E-state index in [1.165, 1.54) is 16.5 Å². The molecule has 0 saturated heterocycles. The van der Waals surface area contributed by atoms with Gasteiger partial charge in [-0.2, -0.15) is 0 Å². The average molecular weight is 273 g/mol. The number of benzene rings is 1. The minimum Gasteiger partial charge on any atom is -0.481 e. The summed E-state index contributed by atoms with van der Waals surface area (Å²) in [5.74, 6) is -0.711. The molecule has 0 radical (unpaired) electrons. The third-order valence-corrected chi connectivity index (χ3v) is 3.97. The van der Waals surface area contributed by atoms with Gasteiger partial charge in [0, 0.05) is 17.1 Å². The summed E-state index contributed by atoms with van der Waals surface area (Å²) in [6, 6.07) is 6.35. The van der Waals surface area contributed by atoms with Crippen LogP contribution in [0.25, 0.3) is 10.9 Å². The van der Waals surface area contributed by atoms with Gasteiger partial charge in [0.1, 0.15) is 0 Å². The van der Waals surface area contributed by atoms with Crippen LogP contribution >= 0.6 is 0 Å². The van der Waals surface area contributed by atoms with Gasteiger partial charge in [0.15, 0.2) is 0 Å². The number of aromatic nitrogens is 1. The monoisotopic (exact) mass is 273 g/mol. The molecule has 0 fully saturated rings. The summed E-state index contributed by atoms with van der Waals surface area (Å²) in [4.78, 5) is 14.4. The van der Waals surface area contributed by atoms with Crippen molar-refractivity contribution in [2.75, 3.05) is 0 Å². The number of carboxylic acids is 1. The fourth-order valence-electron chi connectivity index (χ4n) is 3.11. The lowest BCUT2D eigenvalue weighted by Crippen LogP contribution is -2.23. The Kier molecular flexibility index (Phi) is 4.17. The van der Waals surface area contributed by atoms with E-state index >= 15 is 0 Å². The van der Waals surface area contributed by atoms with Gasteiger partial charge in [-0.15, -0.1) is 0 Å². The molecule has 0 spiro atoms. The van der Waals surface area contributed by atoms with Crippen LogP contribution in [-0.4, -0.2) is 16.1 Å². The Hall–Kier alpha value is -1.77. The number of H-pyrrole nitrogens is 1. The summed E-state index contributed by atoms with van der Waals surface area (Å²) in [5.41, 5.74) is 3.40. The number of hydrogen-bond donors (Lipinski definition) is 2. The minimum atomic E-state index is -0.711. The van der Waals surface area contributed by atoms with E-state index in [1.807, 2.05) is 6.20 Å². The van der Waals surface area contributed by atoms with Crippen molar-refractivity contribution < 1.29 is 9.90 Å². The Labute approximate surface area is 120 Å². The first kappa shape index (κ1) is 14.6. The molecule has 0 saturated carbocycles. The number of hydrogen-bond acceptors (Lipinski definition) is 1. The van der Waals surface area contributed by atoms with E-state index in [-0.39, 0.29) is 11.8 Å². The number of carbonyl (C=O) groups is 1. The molecular weight excluding hydrogens is 250 g/mol. The number of rotatable bonds is 6. The van der Waals surface area contributed by atoms with E-state index in [0.29, 0.717) is 0 Å². The standard InChI is InChI=1S/C17H23NO2/c1-4-7-17(3,10-16(19)20)9-13-11-18-15-6-5-12(2)8-14(13)15/h5-6,8,11,18H,4,7,9-10H2,1-3H3,(H,19,20)/t17-/m0/s1. The molecule has 1 aromatic heterocycles. The molecule has 2 aromatic rings. The first-order valence-electron chi connectivity index (χ1n) is 7.22. The zero-order valence-corrected chi connectivity index (χ0v) is 12.5. The second-order valence-corrected chi connectivity index (χ2v) is 6.17. The molecular formula is C17H23NO2. The van der Waals surface area contributed by atoms with Crippen molar-refractivity contribution in [1.82, 2.24) is 4.98 Å². The third-order valence-electron chi connectivity index (χ3n) is 3.97. The van der Waals surface area contributed by atoms with Gasteiger partial charge >= 0.3 is 5.97 Å². The van der Waals surface area contributed by atoms with Crippen LogP contribution in [0.1, 0.15) is 44.2 Å². The van der Waals surface area contributed by atoms with Crippen molar-refractivity contribution in [1.29, 1.82) is 0 Å². The molecule has 0 bridgehead atoms. The predicted molar refractivity (Wildman–Crippen MR) is 82.0 cm³/mol. The Morgan fingerprint density at radius 3 is 2.80 bits per heavy atom. The Bertz CT molecular complexity index is 614. The highest BCUT2D eigenvalue weighted by atomic mass is 16.4. The maximum Gasteiger partial charge on any atom is 0.303 e. The van der Waals surface area contributed by atoms with Crippen molar-refractivity contribution >= 4 is 16.9 Å². The number of aromatic amines is 1. The Balaban J connectivity index is 2.33. The largest absolute Gasteiger partial charge is 0.481 e. The molecule has 0 aliphatic carbocycles. The van der Waals surface area contributed by atoms with Crippen molar-refractivity contribution in [3.8, 4) is 0 Å². The second kappa shape index (κ2) is 5.70. The quantitative estimate of drug-likeness (QED) is 0.824. The molecule has 108 valence electrons. The summed E-state index contributed by atoms with van der Waals surface area (Å²) in [6.45, 7) is 6.28. The molecule has 0 aliphatic heterocycles. The number of nitrogens with one attached hydrogen (secondary N) is 1. The fraction of sp³-hybridized carbons (Fsp3) is 0.471. The smallest absolute Gasteiger partial charge is 0.303 e. The van der Waals surface area contributed by atoms with E-state index in [4.69, 9.17) is 5.11 Å². The molecule has 2 N–H and O–H groups in total. The maximum atomic E-state index is 11.1. The lowest BCUT2D eigenvalue weighted by Gasteiger charge is -2.27. The molecule has 1 aromatic carbocycles. The molecule has 3 nitrogen and oxygen atoms in total. The van der Waals surface area contributed by atoms with E-state index in [1.54, 1.807) is 0 Å². The zero-order chi connectivity index (χ0) is 14.8. The molecule has 20 heavy (non-hydrogen) atoms. The summed E-state index contributed by atoms with van der Waals surface area (Å²) in [5, 5.41) is 10.4. The van der Waals surface area contributed by atoms with Crippen LogP contribution in [0, 0.1) is 12.3 Å². The van der Waals surface area contributed by atoms with Gasteiger partial charge in [-0.3, -0.25) is 4.79 Å². The van der Waals surface area contributed by atoms with Crippen molar-refractivity contribution in [3.63, 3.8) is 0 Å². The van der Waals surface area contributed by atoms with Gasteiger partial charge in [-0.05, 0) is 42.9 Å². The van der Waals surface area contributed by atoms with Crippen LogP contribution in [0.15, 0.2) is 24.4 Å². The number of fused-ring (bicyclic) bond motifs is 1. The van der Waals surface area contributed by atoms with Crippen molar-refractivity contribution in [2.45, 2.75) is 46.5 Å². The normalized spacial score (nSPS) is 14.3. The first-order valence-corrected chi connectivity index (χ1v) is 7.22. The van der Waals surface area contributed by atoms with Gasteiger partial charge in [0.05, 0.1) is 6.42 Å². The van der Waals surface area contributed by atoms with E-state index in [9.17, 15) is 4.79 Å². The third kappa shape index (κ3) is 3.21. The van der Waals surface area contributed by atoms with Crippen LogP contribution in [0.5, 0.6) is 0 Å². The van der Waals surface area contributed by atoms with Crippen LogP contribution in [-0.2, 0) is 11.2 Å². The maximum absolute atomic E-state index is 11.1. The fourth-order valence-corrected chi connectivity index (χ4v) is 3.11. The van der Waals surface area contributed by atoms with Gasteiger partial charge in [0.2, 0.25) is 0 Å². The highest BCUT2D eigenvalue weighted by Crippen LogP contribution is 2.34. The van der Waals surface area contributed by atoms with Crippen LogP contribution < -0.4 is 0 Å². The highest BCUT2D eigenvalue weighted by Gasteiger charge is 2.28. The SMILES string of the molecule is CCC[C@](C)(CC(=O)O)Cc1c[nH]c2ccc(C)cc12. The summed E-state index contributed by atoms with van der Waals surface area (Å²) in [7, 11) is 0. The van der Waals surface area contributed by atoms with Gasteiger partial charge < -0.3 is 10.1 Å². The summed E-state index contributed by atoms with van der Waals surface area (Å²) >= 11 is 0. The van der Waals surface area contributed by atoms with Crippen LogP contribution in [0.3, 0.4) is 0 Å². The van der Waals surface area contributed by atoms with Crippen LogP contribution in [0.4, 0.5) is 0 Å². The minimum absolute atomic E-state index is 0.181. The Morgan fingerprint density at radius 2 is 2.15 bits per heavy atom. The van der Waals surface area contributed by atoms with Crippen molar-refractivity contribution in [3.05, 3.63) is 35.5 Å². The molecule has 2 rings (SSSR count). The molecule has 1 atom stereocenters. The molecule has 3 heteroatoms. The van der Waals surface area contributed by atoms with Crippen molar-refractivity contribution in [2.24, 2.45) is 5.41 Å². The van der Waals surface area contributed by atoms with E-state index < -0.39 is 5.97 Å². The zero-order valence-electron chi connectivity index (χ0n) is 12.5. The lowest BCUT2D eigenvalue weighted by molar-refractivity contribution is -0.139. The molecule has 0 unspecified atom stereocenters. The highest BCUT2D eigenvalue weighted by molar-refractivity contribution is 5.84. The van der Waals surface area contributed by atoms with E-state index in [2.05, 4.69) is 44.0 Å². The topological polar surface area (TPSA) is 53.1 Å². The van der Waals surface area contributed by atoms with Gasteiger partial charge in [-0.1, -0.05) is 31.9 Å². The molecule has 0 aliphatic rings.